The summed E-state index contributed by atoms with van der Waals surface area (Å²) in [6.45, 7) is 4.89. The Morgan fingerprint density at radius 3 is 1.77 bits per heavy atom. The molecule has 0 heterocycles. The van der Waals surface area contributed by atoms with E-state index in [4.69, 9.17) is 14.2 Å². The van der Waals surface area contributed by atoms with Crippen LogP contribution in [0, 0.1) is 0 Å². The SMILES string of the molecule is COC(=O)C=C(C)c1ccc(C[C@@H](C)N(C[C@H](O)COc2ccccc2)C[C@H](O)COc2ccccc2)cc1. The first-order valence-electron chi connectivity index (χ1n) is 13.2. The zero-order valence-electron chi connectivity index (χ0n) is 22.9. The van der Waals surface area contributed by atoms with Gasteiger partial charge in [0, 0.05) is 25.2 Å². The highest BCUT2D eigenvalue weighted by atomic mass is 16.5. The lowest BCUT2D eigenvalue weighted by atomic mass is 10.0. The summed E-state index contributed by atoms with van der Waals surface area (Å²) < 4.78 is 16.2. The number of esters is 1. The highest BCUT2D eigenvalue weighted by molar-refractivity contribution is 5.90. The van der Waals surface area contributed by atoms with Crippen LogP contribution in [0.4, 0.5) is 0 Å². The van der Waals surface area contributed by atoms with Crippen molar-refractivity contribution < 1.29 is 29.2 Å². The van der Waals surface area contributed by atoms with Crippen LogP contribution in [0.15, 0.2) is 91.0 Å². The fourth-order valence-electron chi connectivity index (χ4n) is 4.19. The number of para-hydroxylation sites is 2. The van der Waals surface area contributed by atoms with Gasteiger partial charge in [-0.1, -0.05) is 60.7 Å². The third kappa shape index (κ3) is 10.6. The Kier molecular flexibility index (Phi) is 12.0. The van der Waals surface area contributed by atoms with Gasteiger partial charge >= 0.3 is 5.97 Å². The highest BCUT2D eigenvalue weighted by Crippen LogP contribution is 2.18. The Balaban J connectivity index is 1.63. The van der Waals surface area contributed by atoms with E-state index in [0.717, 1.165) is 16.7 Å². The van der Waals surface area contributed by atoms with Gasteiger partial charge in [0.1, 0.15) is 36.9 Å². The Bertz CT molecular complexity index is 1100. The minimum atomic E-state index is -0.747. The molecule has 208 valence electrons. The summed E-state index contributed by atoms with van der Waals surface area (Å²) in [5.74, 6) is 1.01. The predicted octanol–water partition coefficient (Wildman–Crippen LogP) is 4.38. The van der Waals surface area contributed by atoms with E-state index >= 15 is 0 Å². The molecule has 0 unspecified atom stereocenters. The smallest absolute Gasteiger partial charge is 0.330 e. The van der Waals surface area contributed by atoms with Crippen molar-refractivity contribution in [3.63, 3.8) is 0 Å². The van der Waals surface area contributed by atoms with E-state index in [2.05, 4.69) is 11.8 Å². The first-order valence-corrected chi connectivity index (χ1v) is 13.2. The van der Waals surface area contributed by atoms with Gasteiger partial charge in [0.05, 0.1) is 7.11 Å². The van der Waals surface area contributed by atoms with Gasteiger partial charge in [-0.3, -0.25) is 4.90 Å². The van der Waals surface area contributed by atoms with E-state index in [1.54, 1.807) is 0 Å². The van der Waals surface area contributed by atoms with Crippen LogP contribution in [0.1, 0.15) is 25.0 Å². The van der Waals surface area contributed by atoms with E-state index in [-0.39, 0.29) is 25.2 Å². The number of carbonyl (C=O) groups is 1. The molecule has 3 atom stereocenters. The second-order valence-electron chi connectivity index (χ2n) is 9.61. The normalized spacial score (nSPS) is 13.9. The first kappa shape index (κ1) is 29.9. The number of allylic oxidation sites excluding steroid dienone is 1. The zero-order valence-corrected chi connectivity index (χ0v) is 22.9. The first-order chi connectivity index (χ1) is 18.8. The lowest BCUT2D eigenvalue weighted by Crippen LogP contribution is -2.46. The van der Waals surface area contributed by atoms with Gasteiger partial charge in [-0.15, -0.1) is 0 Å². The van der Waals surface area contributed by atoms with Gasteiger partial charge in [-0.05, 0) is 61.2 Å². The van der Waals surface area contributed by atoms with E-state index < -0.39 is 12.2 Å². The van der Waals surface area contributed by atoms with Gasteiger partial charge in [-0.25, -0.2) is 4.79 Å². The van der Waals surface area contributed by atoms with Crippen molar-refractivity contribution in [2.45, 2.75) is 38.5 Å². The van der Waals surface area contributed by atoms with Crippen LogP contribution in [0.2, 0.25) is 0 Å². The number of hydrogen-bond acceptors (Lipinski definition) is 7. The monoisotopic (exact) mass is 533 g/mol. The molecule has 0 aliphatic carbocycles. The number of ether oxygens (including phenoxy) is 3. The second kappa shape index (κ2) is 15.7. The summed E-state index contributed by atoms with van der Waals surface area (Å²) in [6.07, 6.45) is 0.683. The van der Waals surface area contributed by atoms with Crippen LogP contribution >= 0.6 is 0 Å². The summed E-state index contributed by atoms with van der Waals surface area (Å²) in [4.78, 5) is 13.6. The minimum absolute atomic E-state index is 0.0142. The number of hydrogen-bond donors (Lipinski definition) is 2. The maximum absolute atomic E-state index is 11.6. The molecule has 7 heteroatoms. The van der Waals surface area contributed by atoms with Gasteiger partial charge in [0.2, 0.25) is 0 Å². The molecule has 0 saturated carbocycles. The van der Waals surface area contributed by atoms with Crippen molar-refractivity contribution in [2.75, 3.05) is 33.4 Å². The lowest BCUT2D eigenvalue weighted by Gasteiger charge is -2.32. The fourth-order valence-corrected chi connectivity index (χ4v) is 4.19. The van der Waals surface area contributed by atoms with Crippen molar-refractivity contribution in [1.82, 2.24) is 4.90 Å². The average molecular weight is 534 g/mol. The maximum Gasteiger partial charge on any atom is 0.330 e. The Labute approximate surface area is 231 Å². The standard InChI is InChI=1S/C32H39NO6/c1-24(18-32(36)37-3)27-16-14-26(15-17-27)19-25(2)33(20-28(34)22-38-30-10-6-4-7-11-30)21-29(35)23-39-31-12-8-5-9-13-31/h4-18,25,28-29,34-35H,19-23H2,1-3H3/t25-,28+,29+/m1/s1. The molecule has 0 radical (unpaired) electrons. The summed E-state index contributed by atoms with van der Waals surface area (Å²) >= 11 is 0. The number of nitrogens with zero attached hydrogens (tertiary/aromatic N) is 1. The van der Waals surface area contributed by atoms with Crippen molar-refractivity contribution >= 4 is 11.5 Å². The largest absolute Gasteiger partial charge is 0.491 e. The molecule has 0 spiro atoms. The molecule has 3 rings (SSSR count). The van der Waals surface area contributed by atoms with Crippen LogP contribution in [-0.4, -0.2) is 72.7 Å². The number of rotatable bonds is 15. The van der Waals surface area contributed by atoms with E-state index in [1.807, 2.05) is 91.9 Å². The average Bonchev–Trinajstić information content (AvgIpc) is 2.96. The number of aliphatic hydroxyl groups excluding tert-OH is 2. The van der Waals surface area contributed by atoms with E-state index in [0.29, 0.717) is 31.0 Å². The maximum atomic E-state index is 11.6. The second-order valence-corrected chi connectivity index (χ2v) is 9.61. The summed E-state index contributed by atoms with van der Waals surface area (Å²) in [7, 11) is 1.36. The zero-order chi connectivity index (χ0) is 28.0. The van der Waals surface area contributed by atoms with Gasteiger partial charge in [0.15, 0.2) is 0 Å². The van der Waals surface area contributed by atoms with Crippen LogP contribution in [0.25, 0.3) is 5.57 Å². The Morgan fingerprint density at radius 1 is 0.821 bits per heavy atom. The topological polar surface area (TPSA) is 88.5 Å². The van der Waals surface area contributed by atoms with Crippen LogP contribution in [0.3, 0.4) is 0 Å². The molecule has 0 saturated heterocycles. The number of methoxy groups -OCH3 is 1. The minimum Gasteiger partial charge on any atom is -0.491 e. The summed E-state index contributed by atoms with van der Waals surface area (Å²) in [6, 6.07) is 26.8. The van der Waals surface area contributed by atoms with Crippen molar-refractivity contribution in [3.05, 3.63) is 102 Å². The number of aliphatic hydroxyl groups is 2. The van der Waals surface area contributed by atoms with E-state index in [1.165, 1.54) is 13.2 Å². The van der Waals surface area contributed by atoms with Gasteiger partial charge in [-0.2, -0.15) is 0 Å². The molecule has 39 heavy (non-hydrogen) atoms. The Morgan fingerprint density at radius 2 is 1.31 bits per heavy atom. The lowest BCUT2D eigenvalue weighted by molar-refractivity contribution is -0.134. The van der Waals surface area contributed by atoms with E-state index in [9.17, 15) is 15.0 Å². The molecule has 0 fully saturated rings. The molecule has 3 aromatic carbocycles. The predicted molar refractivity (Wildman–Crippen MR) is 153 cm³/mol. The molecular formula is C32H39NO6. The van der Waals surface area contributed by atoms with Crippen LogP contribution in [-0.2, 0) is 16.0 Å². The third-order valence-electron chi connectivity index (χ3n) is 6.36. The number of benzene rings is 3. The summed E-state index contributed by atoms with van der Waals surface area (Å²) in [5.41, 5.74) is 2.87. The third-order valence-corrected chi connectivity index (χ3v) is 6.36. The quantitative estimate of drug-likeness (QED) is 0.221. The van der Waals surface area contributed by atoms with Gasteiger partial charge < -0.3 is 24.4 Å². The molecule has 0 aliphatic heterocycles. The molecule has 2 N–H and O–H groups in total. The summed E-state index contributed by atoms with van der Waals surface area (Å²) in [5, 5.41) is 21.6. The highest BCUT2D eigenvalue weighted by Gasteiger charge is 2.22. The van der Waals surface area contributed by atoms with Crippen molar-refractivity contribution in [3.8, 4) is 11.5 Å². The Hall–Kier alpha value is -3.65. The molecule has 0 bridgehead atoms. The van der Waals surface area contributed by atoms with Crippen molar-refractivity contribution in [1.29, 1.82) is 0 Å². The molecule has 3 aromatic rings. The molecule has 0 aliphatic rings. The van der Waals surface area contributed by atoms with Gasteiger partial charge in [0.25, 0.3) is 0 Å². The molecule has 7 nitrogen and oxygen atoms in total. The van der Waals surface area contributed by atoms with Crippen molar-refractivity contribution in [2.24, 2.45) is 0 Å². The molecular weight excluding hydrogens is 494 g/mol. The fraction of sp³-hybridized carbons (Fsp3) is 0.344. The van der Waals surface area contributed by atoms with Crippen LogP contribution in [0.5, 0.6) is 11.5 Å². The number of carbonyl (C=O) groups excluding carboxylic acids is 1. The molecule has 0 amide bonds. The molecule has 0 aromatic heterocycles. The van der Waals surface area contributed by atoms with Crippen LogP contribution < -0.4 is 9.47 Å².